The molecule has 60 valence electrons. The van der Waals surface area contributed by atoms with E-state index in [1.165, 1.54) is 4.74 Å². The van der Waals surface area contributed by atoms with Gasteiger partial charge in [-0.2, -0.15) is 0 Å². The highest BCUT2D eigenvalue weighted by molar-refractivity contribution is 5.52. The van der Waals surface area contributed by atoms with Crippen LogP contribution in [0.3, 0.4) is 0 Å². The average Bonchev–Trinajstić information content (AvgIpc) is 2.17. The van der Waals surface area contributed by atoms with Crippen molar-refractivity contribution in [1.82, 2.24) is 0 Å². The fourth-order valence-corrected chi connectivity index (χ4v) is 0.902. The molecule has 2 nitrogen and oxygen atoms in total. The standard InChI is InChI=1S/C6H12NO.C2H6/c1-6(2)4-3-5-7(6)8;1-2/h5,8H,3-4H2,1-2H3;1-2H3/q+1;. The first-order valence-electron chi connectivity index (χ1n) is 3.94. The quantitative estimate of drug-likeness (QED) is 0.408. The molecule has 1 N–H and O–H groups in total. The van der Waals surface area contributed by atoms with E-state index in [1.807, 2.05) is 33.9 Å². The lowest BCUT2D eigenvalue weighted by Gasteiger charge is -2.07. The molecule has 1 rings (SSSR count). The zero-order valence-corrected chi connectivity index (χ0v) is 7.39. The molecule has 1 aliphatic rings. The highest BCUT2D eigenvalue weighted by atomic mass is 16.5. The van der Waals surface area contributed by atoms with E-state index < -0.39 is 0 Å². The lowest BCUT2D eigenvalue weighted by molar-refractivity contribution is -0.814. The van der Waals surface area contributed by atoms with Gasteiger partial charge in [0.15, 0.2) is 6.21 Å². The van der Waals surface area contributed by atoms with Crippen LogP contribution < -0.4 is 0 Å². The summed E-state index contributed by atoms with van der Waals surface area (Å²) >= 11 is 0. The van der Waals surface area contributed by atoms with Crippen LogP contribution in [0.15, 0.2) is 0 Å². The van der Waals surface area contributed by atoms with Crippen molar-refractivity contribution in [3.8, 4) is 0 Å². The number of hydroxylamine groups is 1. The summed E-state index contributed by atoms with van der Waals surface area (Å²) in [5.41, 5.74) is -0.0139. The minimum absolute atomic E-state index is 0.0139. The van der Waals surface area contributed by atoms with E-state index in [-0.39, 0.29) is 5.54 Å². The van der Waals surface area contributed by atoms with Gasteiger partial charge < -0.3 is 0 Å². The predicted molar refractivity (Wildman–Crippen MR) is 42.8 cm³/mol. The van der Waals surface area contributed by atoms with Crippen LogP contribution >= 0.6 is 0 Å². The van der Waals surface area contributed by atoms with Crippen LogP contribution in [0.1, 0.15) is 40.5 Å². The Labute approximate surface area is 63.1 Å². The number of rotatable bonds is 0. The summed E-state index contributed by atoms with van der Waals surface area (Å²) in [4.78, 5) is 0. The van der Waals surface area contributed by atoms with E-state index in [1.54, 1.807) is 0 Å². The third kappa shape index (κ3) is 2.01. The van der Waals surface area contributed by atoms with Crippen molar-refractivity contribution in [2.45, 2.75) is 46.1 Å². The Morgan fingerprint density at radius 1 is 1.40 bits per heavy atom. The van der Waals surface area contributed by atoms with Gasteiger partial charge in [-0.05, 0) is 4.74 Å². The largest absolute Gasteiger partial charge is 0.291 e. The molecule has 1 aliphatic heterocycles. The fourth-order valence-electron chi connectivity index (χ4n) is 0.902. The van der Waals surface area contributed by atoms with Crippen molar-refractivity contribution in [2.24, 2.45) is 0 Å². The van der Waals surface area contributed by atoms with Crippen molar-refractivity contribution in [1.29, 1.82) is 0 Å². The Kier molecular flexibility index (Phi) is 3.40. The van der Waals surface area contributed by atoms with E-state index >= 15 is 0 Å². The van der Waals surface area contributed by atoms with Gasteiger partial charge in [0.05, 0.1) is 0 Å². The molecule has 0 fully saturated rings. The molecule has 1 heterocycles. The second kappa shape index (κ2) is 3.59. The van der Waals surface area contributed by atoms with Crippen molar-refractivity contribution in [3.05, 3.63) is 0 Å². The summed E-state index contributed by atoms with van der Waals surface area (Å²) in [6.45, 7) is 8.05. The first-order chi connectivity index (χ1) is 4.63. The molecule has 2 heteroatoms. The summed E-state index contributed by atoms with van der Waals surface area (Å²) in [5, 5.41) is 9.03. The number of hydrogen-bond donors (Lipinski definition) is 1. The molecule has 0 aromatic heterocycles. The topological polar surface area (TPSA) is 23.2 Å². The van der Waals surface area contributed by atoms with Crippen LogP contribution in [0.2, 0.25) is 0 Å². The summed E-state index contributed by atoms with van der Waals surface area (Å²) < 4.78 is 1.30. The molecule has 10 heavy (non-hydrogen) atoms. The van der Waals surface area contributed by atoms with E-state index in [4.69, 9.17) is 5.21 Å². The van der Waals surface area contributed by atoms with E-state index in [0.717, 1.165) is 12.8 Å². The molecule has 0 aliphatic carbocycles. The van der Waals surface area contributed by atoms with Gasteiger partial charge in [0.25, 0.3) is 0 Å². The highest BCUT2D eigenvalue weighted by Gasteiger charge is 2.35. The minimum atomic E-state index is -0.0139. The molecule has 0 aromatic carbocycles. The normalized spacial score (nSPS) is 21.0. The maximum atomic E-state index is 9.03. The summed E-state index contributed by atoms with van der Waals surface area (Å²) in [6, 6.07) is 0. The van der Waals surface area contributed by atoms with Crippen molar-refractivity contribution < 1.29 is 9.95 Å². The first kappa shape index (κ1) is 9.47. The smallest absolute Gasteiger partial charge is 0.206 e. The molecule has 0 spiro atoms. The van der Waals surface area contributed by atoms with Gasteiger partial charge in [-0.3, -0.25) is 5.21 Å². The molecule has 0 atom stereocenters. The van der Waals surface area contributed by atoms with Gasteiger partial charge in [0, 0.05) is 26.7 Å². The molecule has 0 amide bonds. The van der Waals surface area contributed by atoms with Gasteiger partial charge in [-0.15, -0.1) is 0 Å². The zero-order valence-electron chi connectivity index (χ0n) is 7.39. The van der Waals surface area contributed by atoms with Crippen molar-refractivity contribution in [3.63, 3.8) is 0 Å². The fraction of sp³-hybridized carbons (Fsp3) is 0.875. The summed E-state index contributed by atoms with van der Waals surface area (Å²) in [5.74, 6) is 0. The molecular formula is C8H18NO+. The molecule has 0 unspecified atom stereocenters. The van der Waals surface area contributed by atoms with Gasteiger partial charge in [-0.1, -0.05) is 13.8 Å². The maximum Gasteiger partial charge on any atom is 0.206 e. The predicted octanol–water partition coefficient (Wildman–Crippen LogP) is 2.06. The van der Waals surface area contributed by atoms with Gasteiger partial charge in [0.2, 0.25) is 5.54 Å². The Morgan fingerprint density at radius 3 is 2.00 bits per heavy atom. The van der Waals surface area contributed by atoms with E-state index in [2.05, 4.69) is 0 Å². The van der Waals surface area contributed by atoms with Crippen LogP contribution in [0.25, 0.3) is 0 Å². The zero-order chi connectivity index (χ0) is 8.20. The Hall–Kier alpha value is -0.530. The number of nitrogens with zero attached hydrogens (tertiary/aromatic N) is 1. The van der Waals surface area contributed by atoms with Gasteiger partial charge in [-0.25, -0.2) is 0 Å². The molecular weight excluding hydrogens is 126 g/mol. The highest BCUT2D eigenvalue weighted by Crippen LogP contribution is 2.18. The second-order valence-electron chi connectivity index (χ2n) is 2.88. The molecule has 0 aromatic rings. The molecule has 0 saturated heterocycles. The van der Waals surface area contributed by atoms with E-state index in [9.17, 15) is 0 Å². The SMILES string of the molecule is CC.CC1(C)CCC=[N+]1O. The summed E-state index contributed by atoms with van der Waals surface area (Å²) in [6.07, 6.45) is 3.88. The van der Waals surface area contributed by atoms with Crippen molar-refractivity contribution >= 4 is 6.21 Å². The van der Waals surface area contributed by atoms with Crippen LogP contribution in [0.4, 0.5) is 0 Å². The van der Waals surface area contributed by atoms with Gasteiger partial charge in [0.1, 0.15) is 0 Å². The van der Waals surface area contributed by atoms with Crippen LogP contribution in [-0.2, 0) is 0 Å². The van der Waals surface area contributed by atoms with Crippen LogP contribution in [0.5, 0.6) is 0 Å². The Bertz CT molecular complexity index is 127. The Balaban J connectivity index is 0.000000371. The molecule has 0 bridgehead atoms. The first-order valence-corrected chi connectivity index (χ1v) is 3.94. The number of hydrogen-bond acceptors (Lipinski definition) is 1. The monoisotopic (exact) mass is 144 g/mol. The lowest BCUT2D eigenvalue weighted by atomic mass is 10.0. The average molecular weight is 144 g/mol. The van der Waals surface area contributed by atoms with Crippen LogP contribution in [0, 0.1) is 0 Å². The second-order valence-corrected chi connectivity index (χ2v) is 2.88. The summed E-state index contributed by atoms with van der Waals surface area (Å²) in [7, 11) is 0. The third-order valence-corrected chi connectivity index (χ3v) is 1.68. The van der Waals surface area contributed by atoms with Crippen LogP contribution in [-0.4, -0.2) is 21.7 Å². The lowest BCUT2D eigenvalue weighted by Crippen LogP contribution is -2.28. The van der Waals surface area contributed by atoms with E-state index in [0.29, 0.717) is 0 Å². The van der Waals surface area contributed by atoms with Gasteiger partial charge >= 0.3 is 0 Å². The molecule has 0 saturated carbocycles. The maximum absolute atomic E-state index is 9.03. The van der Waals surface area contributed by atoms with Crippen molar-refractivity contribution in [2.75, 3.05) is 0 Å². The molecule has 0 radical (unpaired) electrons. The Morgan fingerprint density at radius 2 is 1.90 bits per heavy atom. The third-order valence-electron chi connectivity index (χ3n) is 1.68. The minimum Gasteiger partial charge on any atom is -0.291 e.